The number of halogens is 3. The molecule has 0 aliphatic rings. The van der Waals surface area contributed by atoms with Gasteiger partial charge in [0.1, 0.15) is 5.69 Å². The minimum atomic E-state index is -4.53. The summed E-state index contributed by atoms with van der Waals surface area (Å²) >= 11 is 0. The number of hydrogen-bond donors (Lipinski definition) is 1. The second-order valence-electron chi connectivity index (χ2n) is 5.58. The Labute approximate surface area is 155 Å². The van der Waals surface area contributed by atoms with Crippen molar-refractivity contribution >= 4 is 5.91 Å². The highest BCUT2D eigenvalue weighted by Gasteiger charge is 2.32. The van der Waals surface area contributed by atoms with Gasteiger partial charge >= 0.3 is 6.18 Å². The Morgan fingerprint density at radius 2 is 1.78 bits per heavy atom. The average Bonchev–Trinajstić information content (AvgIpc) is 2.63. The maximum Gasteiger partial charge on any atom is 0.433 e. The third-order valence-electron chi connectivity index (χ3n) is 3.62. The number of carbonyl (C=O) groups excluding carboxylic acids is 1. The van der Waals surface area contributed by atoms with Crippen LogP contribution in [0.5, 0.6) is 11.5 Å². The number of hydrogen-bond acceptors (Lipinski definition) is 4. The van der Waals surface area contributed by atoms with Crippen LogP contribution in [0.25, 0.3) is 0 Å². The van der Waals surface area contributed by atoms with E-state index < -0.39 is 17.8 Å². The predicted octanol–water partition coefficient (Wildman–Crippen LogP) is 3.87. The lowest BCUT2D eigenvalue weighted by Crippen LogP contribution is -2.26. The van der Waals surface area contributed by atoms with Gasteiger partial charge in [-0.1, -0.05) is 6.07 Å². The molecule has 1 aromatic carbocycles. The summed E-state index contributed by atoms with van der Waals surface area (Å²) in [6.45, 7) is 5.10. The largest absolute Gasteiger partial charge is 0.490 e. The van der Waals surface area contributed by atoms with Crippen LogP contribution in [0.15, 0.2) is 36.5 Å². The first-order chi connectivity index (χ1) is 12.8. The molecule has 0 aliphatic carbocycles. The standard InChI is InChI=1S/C19H21F3N2O3/c1-3-26-15-7-5-13(11-16(15)27-4-2)9-10-23-18(25)14-6-8-17(24-12-14)19(20,21)22/h5-8,11-12H,3-4,9-10H2,1-2H3,(H,23,25). The van der Waals surface area contributed by atoms with Crippen LogP contribution >= 0.6 is 0 Å². The molecule has 0 atom stereocenters. The number of aromatic nitrogens is 1. The molecule has 5 nitrogen and oxygen atoms in total. The number of nitrogens with one attached hydrogen (secondary N) is 1. The molecule has 1 aromatic heterocycles. The topological polar surface area (TPSA) is 60.5 Å². The van der Waals surface area contributed by atoms with Crippen LogP contribution in [-0.4, -0.2) is 30.6 Å². The smallest absolute Gasteiger partial charge is 0.433 e. The van der Waals surface area contributed by atoms with Crippen molar-refractivity contribution in [1.29, 1.82) is 0 Å². The fraction of sp³-hybridized carbons (Fsp3) is 0.368. The molecule has 0 aliphatic heterocycles. The Bertz CT molecular complexity index is 762. The summed E-state index contributed by atoms with van der Waals surface area (Å²) in [5.41, 5.74) is -0.0191. The lowest BCUT2D eigenvalue weighted by molar-refractivity contribution is -0.141. The monoisotopic (exact) mass is 382 g/mol. The van der Waals surface area contributed by atoms with Crippen molar-refractivity contribution in [3.05, 3.63) is 53.3 Å². The molecule has 8 heteroatoms. The van der Waals surface area contributed by atoms with Gasteiger partial charge in [-0.3, -0.25) is 9.78 Å². The first-order valence-corrected chi connectivity index (χ1v) is 8.55. The summed E-state index contributed by atoms with van der Waals surface area (Å²) in [7, 11) is 0. The summed E-state index contributed by atoms with van der Waals surface area (Å²) in [5.74, 6) is 0.810. The van der Waals surface area contributed by atoms with Gasteiger partial charge in [-0.05, 0) is 50.1 Å². The van der Waals surface area contributed by atoms with E-state index in [0.717, 1.165) is 23.9 Å². The summed E-state index contributed by atoms with van der Waals surface area (Å²) in [6, 6.07) is 7.43. The zero-order valence-electron chi connectivity index (χ0n) is 15.1. The van der Waals surface area contributed by atoms with Crippen molar-refractivity contribution in [2.24, 2.45) is 0 Å². The maximum absolute atomic E-state index is 12.5. The van der Waals surface area contributed by atoms with E-state index in [9.17, 15) is 18.0 Å². The van der Waals surface area contributed by atoms with Gasteiger partial charge in [0.25, 0.3) is 5.91 Å². The third kappa shape index (κ3) is 5.87. The van der Waals surface area contributed by atoms with Crippen LogP contribution in [0.4, 0.5) is 13.2 Å². The highest BCUT2D eigenvalue weighted by atomic mass is 19.4. The fourth-order valence-electron chi connectivity index (χ4n) is 2.37. The highest BCUT2D eigenvalue weighted by Crippen LogP contribution is 2.29. The minimum Gasteiger partial charge on any atom is -0.490 e. The fourth-order valence-corrected chi connectivity index (χ4v) is 2.37. The van der Waals surface area contributed by atoms with Crippen LogP contribution in [0, 0.1) is 0 Å². The first-order valence-electron chi connectivity index (χ1n) is 8.55. The van der Waals surface area contributed by atoms with Gasteiger partial charge in [-0.15, -0.1) is 0 Å². The Kier molecular flexibility index (Phi) is 7.04. The van der Waals surface area contributed by atoms with Gasteiger partial charge < -0.3 is 14.8 Å². The lowest BCUT2D eigenvalue weighted by Gasteiger charge is -2.12. The van der Waals surface area contributed by atoms with Gasteiger partial charge in [0.05, 0.1) is 18.8 Å². The average molecular weight is 382 g/mol. The molecule has 0 saturated carbocycles. The highest BCUT2D eigenvalue weighted by molar-refractivity contribution is 5.93. The number of rotatable bonds is 8. The molecule has 0 bridgehead atoms. The van der Waals surface area contributed by atoms with E-state index in [1.54, 1.807) is 0 Å². The quantitative estimate of drug-likeness (QED) is 0.753. The zero-order valence-corrected chi connectivity index (χ0v) is 15.1. The summed E-state index contributed by atoms with van der Waals surface area (Å²) < 4.78 is 48.5. The predicted molar refractivity (Wildman–Crippen MR) is 94.1 cm³/mol. The van der Waals surface area contributed by atoms with E-state index in [1.165, 1.54) is 0 Å². The Hall–Kier alpha value is -2.77. The van der Waals surface area contributed by atoms with Gasteiger partial charge in [-0.2, -0.15) is 13.2 Å². The number of ether oxygens (including phenoxy) is 2. The van der Waals surface area contributed by atoms with Crippen LogP contribution in [0.3, 0.4) is 0 Å². The first kappa shape index (κ1) is 20.5. The second kappa shape index (κ2) is 9.25. The molecular formula is C19H21F3N2O3. The zero-order chi connectivity index (χ0) is 19.9. The van der Waals surface area contributed by atoms with E-state index in [1.807, 2.05) is 32.0 Å². The minimum absolute atomic E-state index is 0.0738. The molecule has 0 unspecified atom stereocenters. The van der Waals surface area contributed by atoms with Crippen molar-refractivity contribution in [3.8, 4) is 11.5 Å². The molecule has 2 aromatic rings. The summed E-state index contributed by atoms with van der Waals surface area (Å²) in [5, 5.41) is 2.66. The SMILES string of the molecule is CCOc1ccc(CCNC(=O)c2ccc(C(F)(F)F)nc2)cc1OCC. The molecular weight excluding hydrogens is 361 g/mol. The lowest BCUT2D eigenvalue weighted by atomic mass is 10.1. The molecule has 27 heavy (non-hydrogen) atoms. The van der Waals surface area contributed by atoms with E-state index in [-0.39, 0.29) is 5.56 Å². The van der Waals surface area contributed by atoms with Crippen molar-refractivity contribution in [3.63, 3.8) is 0 Å². The molecule has 1 heterocycles. The van der Waals surface area contributed by atoms with Gasteiger partial charge in [0, 0.05) is 12.7 Å². The van der Waals surface area contributed by atoms with Gasteiger partial charge in [-0.25, -0.2) is 0 Å². The molecule has 1 amide bonds. The number of benzene rings is 1. The Balaban J connectivity index is 1.93. The number of alkyl halides is 3. The van der Waals surface area contributed by atoms with E-state index in [0.29, 0.717) is 37.7 Å². The van der Waals surface area contributed by atoms with Crippen LogP contribution in [0.1, 0.15) is 35.5 Å². The molecule has 2 rings (SSSR count). The van der Waals surface area contributed by atoms with Crippen molar-refractivity contribution in [2.45, 2.75) is 26.4 Å². The van der Waals surface area contributed by atoms with Crippen LogP contribution in [0.2, 0.25) is 0 Å². The van der Waals surface area contributed by atoms with E-state index >= 15 is 0 Å². The molecule has 0 spiro atoms. The molecule has 0 radical (unpaired) electrons. The molecule has 146 valence electrons. The van der Waals surface area contributed by atoms with Crippen molar-refractivity contribution in [2.75, 3.05) is 19.8 Å². The van der Waals surface area contributed by atoms with Crippen LogP contribution < -0.4 is 14.8 Å². The maximum atomic E-state index is 12.5. The molecule has 1 N–H and O–H groups in total. The van der Waals surface area contributed by atoms with Crippen molar-refractivity contribution in [1.82, 2.24) is 10.3 Å². The number of pyridine rings is 1. The number of nitrogens with zero attached hydrogens (tertiary/aromatic N) is 1. The molecule has 0 fully saturated rings. The Morgan fingerprint density at radius 3 is 2.37 bits per heavy atom. The normalized spacial score (nSPS) is 11.1. The van der Waals surface area contributed by atoms with Crippen LogP contribution in [-0.2, 0) is 12.6 Å². The third-order valence-corrected chi connectivity index (χ3v) is 3.62. The van der Waals surface area contributed by atoms with Gasteiger partial charge in [0.2, 0.25) is 0 Å². The summed E-state index contributed by atoms with van der Waals surface area (Å²) in [4.78, 5) is 15.3. The van der Waals surface area contributed by atoms with Crippen molar-refractivity contribution < 1.29 is 27.4 Å². The molecule has 0 saturated heterocycles. The summed E-state index contributed by atoms with van der Waals surface area (Å²) in [6.07, 6.45) is -3.07. The van der Waals surface area contributed by atoms with Gasteiger partial charge in [0.15, 0.2) is 11.5 Å². The number of carbonyl (C=O) groups is 1. The number of amides is 1. The van der Waals surface area contributed by atoms with E-state index in [4.69, 9.17) is 9.47 Å². The second-order valence-corrected chi connectivity index (χ2v) is 5.58. The van der Waals surface area contributed by atoms with E-state index in [2.05, 4.69) is 10.3 Å². The Morgan fingerprint density at radius 1 is 1.07 bits per heavy atom.